The summed E-state index contributed by atoms with van der Waals surface area (Å²) in [5.41, 5.74) is 0.0472. The number of anilines is 1. The Morgan fingerprint density at radius 2 is 2.12 bits per heavy atom. The molecule has 4 heterocycles. The molecule has 1 aliphatic rings. The highest BCUT2D eigenvalue weighted by atomic mass is 19.1. The monoisotopic (exact) mass is 442 g/mol. The molecule has 0 bridgehead atoms. The molecule has 1 aliphatic heterocycles. The molecular formula is C22H27FN6O3. The van der Waals surface area contributed by atoms with E-state index < -0.39 is 17.7 Å². The Kier molecular flexibility index (Phi) is 6.33. The van der Waals surface area contributed by atoms with E-state index in [1.165, 1.54) is 26.4 Å². The summed E-state index contributed by atoms with van der Waals surface area (Å²) >= 11 is 0. The van der Waals surface area contributed by atoms with Crippen LogP contribution in [0.2, 0.25) is 0 Å². The van der Waals surface area contributed by atoms with Crippen molar-refractivity contribution < 1.29 is 19.0 Å². The largest absolute Gasteiger partial charge is 0.387 e. The number of ether oxygens (including phenoxy) is 1. The number of nitrogens with one attached hydrogen (secondary N) is 2. The lowest BCUT2D eigenvalue weighted by atomic mass is 10.0. The van der Waals surface area contributed by atoms with Crippen LogP contribution in [0.5, 0.6) is 0 Å². The van der Waals surface area contributed by atoms with Crippen LogP contribution in [-0.4, -0.2) is 68.1 Å². The molecule has 4 rings (SSSR count). The Hall–Kier alpha value is -3.11. The summed E-state index contributed by atoms with van der Waals surface area (Å²) in [6, 6.07) is 3.82. The van der Waals surface area contributed by atoms with E-state index in [1.807, 2.05) is 16.8 Å². The van der Waals surface area contributed by atoms with E-state index in [1.54, 1.807) is 12.3 Å². The first-order chi connectivity index (χ1) is 15.3. The van der Waals surface area contributed by atoms with Gasteiger partial charge in [0.15, 0.2) is 0 Å². The molecule has 0 aromatic carbocycles. The molecule has 3 N–H and O–H groups in total. The van der Waals surface area contributed by atoms with Crippen molar-refractivity contribution in [1.82, 2.24) is 24.8 Å². The number of carbonyl (C=O) groups is 1. The zero-order valence-corrected chi connectivity index (χ0v) is 18.1. The zero-order valence-electron chi connectivity index (χ0n) is 18.1. The first-order valence-corrected chi connectivity index (χ1v) is 10.6. The third-order valence-corrected chi connectivity index (χ3v) is 5.52. The maximum atomic E-state index is 14.1. The Morgan fingerprint density at radius 1 is 1.34 bits per heavy atom. The van der Waals surface area contributed by atoms with Crippen LogP contribution in [0.3, 0.4) is 0 Å². The number of carbonyl (C=O) groups excluding carboxylic acids is 1. The van der Waals surface area contributed by atoms with Crippen molar-refractivity contribution in [2.75, 3.05) is 25.1 Å². The number of aromatic nitrogens is 4. The van der Waals surface area contributed by atoms with E-state index in [4.69, 9.17) is 4.74 Å². The minimum atomic E-state index is -1.60. The van der Waals surface area contributed by atoms with Crippen molar-refractivity contribution in [1.29, 1.82) is 0 Å². The molecule has 1 atom stereocenters. The molecule has 3 aromatic rings. The number of amides is 1. The average Bonchev–Trinajstić information content (AvgIpc) is 3.21. The van der Waals surface area contributed by atoms with Gasteiger partial charge in [-0.3, -0.25) is 9.36 Å². The molecule has 0 aliphatic carbocycles. The average molecular weight is 442 g/mol. The SMILES string of the molecule is CC(C)(O)C(F)CNC(=O)c1cnc(-n2ccc3cncnc32)cc1NC1CCOCC1. The van der Waals surface area contributed by atoms with Gasteiger partial charge in [0.1, 0.15) is 24.0 Å². The van der Waals surface area contributed by atoms with Crippen LogP contribution >= 0.6 is 0 Å². The van der Waals surface area contributed by atoms with Crippen LogP contribution in [0, 0.1) is 0 Å². The van der Waals surface area contributed by atoms with Crippen LogP contribution in [-0.2, 0) is 4.74 Å². The summed E-state index contributed by atoms with van der Waals surface area (Å²) in [4.78, 5) is 25.7. The highest BCUT2D eigenvalue weighted by Gasteiger charge is 2.27. The summed E-state index contributed by atoms with van der Waals surface area (Å²) < 4.78 is 21.4. The maximum absolute atomic E-state index is 14.1. The van der Waals surface area contributed by atoms with E-state index in [0.29, 0.717) is 35.9 Å². The minimum absolute atomic E-state index is 0.139. The van der Waals surface area contributed by atoms with Crippen molar-refractivity contribution in [3.05, 3.63) is 42.6 Å². The maximum Gasteiger partial charge on any atom is 0.255 e. The van der Waals surface area contributed by atoms with Gasteiger partial charge in [-0.2, -0.15) is 0 Å². The van der Waals surface area contributed by atoms with Crippen LogP contribution < -0.4 is 10.6 Å². The van der Waals surface area contributed by atoms with Gasteiger partial charge in [0, 0.05) is 49.3 Å². The van der Waals surface area contributed by atoms with Crippen molar-refractivity contribution >= 4 is 22.6 Å². The fraction of sp³-hybridized carbons (Fsp3) is 0.455. The molecule has 3 aromatic heterocycles. The first-order valence-electron chi connectivity index (χ1n) is 10.6. The van der Waals surface area contributed by atoms with Crippen molar-refractivity contribution in [3.63, 3.8) is 0 Å². The number of hydrogen-bond acceptors (Lipinski definition) is 7. The molecule has 1 unspecified atom stereocenters. The summed E-state index contributed by atoms with van der Waals surface area (Å²) in [5, 5.41) is 16.7. The smallest absolute Gasteiger partial charge is 0.255 e. The zero-order chi connectivity index (χ0) is 22.7. The first kappa shape index (κ1) is 22.1. The number of alkyl halides is 1. The third kappa shape index (κ3) is 4.86. The molecule has 1 amide bonds. The predicted molar refractivity (Wildman–Crippen MR) is 118 cm³/mol. The molecular weight excluding hydrogens is 415 g/mol. The standard InChI is InChI=1S/C22H27FN6O3/c1-22(2,31)18(23)12-26-21(30)16-11-25-19(9-17(16)28-15-4-7-32-8-5-15)29-6-3-14-10-24-13-27-20(14)29/h3,6,9-11,13,15,18,31H,4-5,7-8,12H2,1-2H3,(H,25,28)(H,26,30). The quantitative estimate of drug-likeness (QED) is 0.514. The van der Waals surface area contributed by atoms with Gasteiger partial charge in [-0.05, 0) is 32.8 Å². The molecule has 10 heteroatoms. The second-order valence-electron chi connectivity index (χ2n) is 8.44. The molecule has 170 valence electrons. The van der Waals surface area contributed by atoms with Crippen LogP contribution in [0.15, 0.2) is 37.1 Å². The molecule has 1 saturated heterocycles. The molecule has 1 fully saturated rings. The third-order valence-electron chi connectivity index (χ3n) is 5.52. The normalized spacial score (nSPS) is 16.1. The highest BCUT2D eigenvalue weighted by molar-refractivity contribution is 5.99. The number of halogens is 1. The number of pyridine rings is 1. The van der Waals surface area contributed by atoms with Crippen LogP contribution in [0.25, 0.3) is 16.9 Å². The number of aliphatic hydroxyl groups is 1. The van der Waals surface area contributed by atoms with Crippen molar-refractivity contribution in [2.24, 2.45) is 0 Å². The molecule has 9 nitrogen and oxygen atoms in total. The molecule has 0 saturated carbocycles. The summed E-state index contributed by atoms with van der Waals surface area (Å²) in [6.07, 6.45) is 6.52. The number of rotatable bonds is 7. The topological polar surface area (TPSA) is 114 Å². The summed E-state index contributed by atoms with van der Waals surface area (Å²) in [5.74, 6) is 0.120. The summed E-state index contributed by atoms with van der Waals surface area (Å²) in [6.45, 7) is 3.71. The molecule has 32 heavy (non-hydrogen) atoms. The fourth-order valence-electron chi connectivity index (χ4n) is 3.53. The van der Waals surface area contributed by atoms with E-state index >= 15 is 0 Å². The predicted octanol–water partition coefficient (Wildman–Crippen LogP) is 2.25. The molecule has 0 spiro atoms. The van der Waals surface area contributed by atoms with E-state index in [-0.39, 0.29) is 12.6 Å². The van der Waals surface area contributed by atoms with Crippen molar-refractivity contribution in [2.45, 2.75) is 44.5 Å². The highest BCUT2D eigenvalue weighted by Crippen LogP contribution is 2.24. The number of nitrogens with zero attached hydrogens (tertiary/aromatic N) is 4. The fourth-order valence-corrected chi connectivity index (χ4v) is 3.53. The van der Waals surface area contributed by atoms with Crippen LogP contribution in [0.1, 0.15) is 37.0 Å². The summed E-state index contributed by atoms with van der Waals surface area (Å²) in [7, 11) is 0. The lowest BCUT2D eigenvalue weighted by Gasteiger charge is -2.26. The lowest BCUT2D eigenvalue weighted by molar-refractivity contribution is -0.00177. The van der Waals surface area contributed by atoms with Gasteiger partial charge in [0.05, 0.1) is 23.4 Å². The van der Waals surface area contributed by atoms with Gasteiger partial charge in [0.25, 0.3) is 5.91 Å². The number of hydrogen-bond donors (Lipinski definition) is 3. The Morgan fingerprint density at radius 3 is 2.88 bits per heavy atom. The minimum Gasteiger partial charge on any atom is -0.387 e. The van der Waals surface area contributed by atoms with E-state index in [2.05, 4.69) is 25.6 Å². The second kappa shape index (κ2) is 9.17. The Bertz CT molecular complexity index is 1090. The Labute approximate surface area is 185 Å². The van der Waals surface area contributed by atoms with Crippen LogP contribution in [0.4, 0.5) is 10.1 Å². The van der Waals surface area contributed by atoms with E-state index in [9.17, 15) is 14.3 Å². The van der Waals surface area contributed by atoms with Gasteiger partial charge in [-0.25, -0.2) is 19.3 Å². The van der Waals surface area contributed by atoms with Gasteiger partial charge in [0.2, 0.25) is 0 Å². The number of fused-ring (bicyclic) bond motifs is 1. The molecule has 0 radical (unpaired) electrons. The second-order valence-corrected chi connectivity index (χ2v) is 8.44. The van der Waals surface area contributed by atoms with Crippen molar-refractivity contribution in [3.8, 4) is 5.82 Å². The van der Waals surface area contributed by atoms with E-state index in [0.717, 1.165) is 18.2 Å². The lowest BCUT2D eigenvalue weighted by Crippen LogP contribution is -2.42. The van der Waals surface area contributed by atoms with Gasteiger partial charge in [-0.15, -0.1) is 0 Å². The Balaban J connectivity index is 1.63. The van der Waals surface area contributed by atoms with Gasteiger partial charge < -0.3 is 20.5 Å². The van der Waals surface area contributed by atoms with Gasteiger partial charge >= 0.3 is 0 Å². The van der Waals surface area contributed by atoms with Gasteiger partial charge in [-0.1, -0.05) is 0 Å².